The van der Waals surface area contributed by atoms with Crippen LogP contribution >= 0.6 is 23.2 Å². The van der Waals surface area contributed by atoms with E-state index < -0.39 is 27.9 Å². The molecule has 254 valence electrons. The van der Waals surface area contributed by atoms with Crippen molar-refractivity contribution in [2.75, 3.05) is 13.1 Å². The molecule has 7 rings (SSSR count). The number of esters is 1. The first-order chi connectivity index (χ1) is 23.4. The van der Waals surface area contributed by atoms with Crippen molar-refractivity contribution in [2.24, 2.45) is 0 Å². The fourth-order valence-electron chi connectivity index (χ4n) is 6.56. The highest BCUT2D eigenvalue weighted by atomic mass is 35.5. The van der Waals surface area contributed by atoms with Gasteiger partial charge in [-0.3, -0.25) is 0 Å². The number of nitrogens with zero attached hydrogens (tertiary/aromatic N) is 3. The molecule has 2 aliphatic rings. The number of hydrogen-bond acceptors (Lipinski definition) is 5. The van der Waals surface area contributed by atoms with E-state index in [1.54, 1.807) is 0 Å². The number of halogens is 5. The summed E-state index contributed by atoms with van der Waals surface area (Å²) in [5, 5.41) is 1.29. The van der Waals surface area contributed by atoms with Crippen molar-refractivity contribution >= 4 is 50.2 Å². The first kappa shape index (κ1) is 33.6. The third kappa shape index (κ3) is 6.94. The van der Waals surface area contributed by atoms with Crippen molar-refractivity contribution in [3.05, 3.63) is 124 Å². The van der Waals surface area contributed by atoms with Crippen LogP contribution in [0.2, 0.25) is 10.0 Å². The van der Waals surface area contributed by atoms with Crippen LogP contribution in [-0.2, 0) is 14.8 Å². The van der Waals surface area contributed by atoms with E-state index in [-0.39, 0.29) is 29.9 Å². The van der Waals surface area contributed by atoms with Crippen LogP contribution in [0, 0.1) is 0 Å². The minimum absolute atomic E-state index is 0.0223. The zero-order valence-corrected chi connectivity index (χ0v) is 28.2. The van der Waals surface area contributed by atoms with Gasteiger partial charge in [0, 0.05) is 47.1 Å². The van der Waals surface area contributed by atoms with Gasteiger partial charge in [0.1, 0.15) is 11.6 Å². The van der Waals surface area contributed by atoms with E-state index in [9.17, 15) is 26.4 Å². The molecule has 0 bridgehead atoms. The van der Waals surface area contributed by atoms with Crippen molar-refractivity contribution < 1.29 is 31.1 Å². The monoisotopic (exact) mass is 727 g/mol. The van der Waals surface area contributed by atoms with Gasteiger partial charge in [0.2, 0.25) is 10.0 Å². The lowest BCUT2D eigenvalue weighted by atomic mass is 9.85. The predicted octanol–water partition coefficient (Wildman–Crippen LogP) is 8.89. The zero-order chi connectivity index (χ0) is 34.5. The predicted molar refractivity (Wildman–Crippen MR) is 181 cm³/mol. The van der Waals surface area contributed by atoms with E-state index in [0.29, 0.717) is 28.8 Å². The quantitative estimate of drug-likeness (QED) is 0.0906. The maximum atomic E-state index is 13.6. The van der Waals surface area contributed by atoms with Gasteiger partial charge in [-0.2, -0.15) is 17.5 Å². The van der Waals surface area contributed by atoms with Crippen LogP contribution in [0.1, 0.15) is 66.1 Å². The van der Waals surface area contributed by atoms with E-state index in [1.807, 2.05) is 54.6 Å². The Hall–Kier alpha value is -3.90. The summed E-state index contributed by atoms with van der Waals surface area (Å²) in [5.41, 5.74) is 5.04. The Morgan fingerprint density at radius 1 is 0.816 bits per heavy atom. The highest BCUT2D eigenvalue weighted by Crippen LogP contribution is 2.44. The lowest BCUT2D eigenvalue weighted by Gasteiger charge is -2.33. The second-order valence-electron chi connectivity index (χ2n) is 12.4. The normalized spacial score (nSPS) is 16.4. The smallest absolute Gasteiger partial charge is 0.420 e. The molecule has 0 amide bonds. The van der Waals surface area contributed by atoms with Gasteiger partial charge in [0.25, 0.3) is 0 Å². The fraction of sp³-hybridized carbons (Fsp3) is 0.278. The van der Waals surface area contributed by atoms with Gasteiger partial charge >= 0.3 is 12.1 Å². The molecule has 2 heterocycles. The van der Waals surface area contributed by atoms with E-state index >= 15 is 0 Å². The third-order valence-corrected chi connectivity index (χ3v) is 11.5. The number of piperidine rings is 1. The molecule has 0 N–H and O–H groups in total. The minimum Gasteiger partial charge on any atom is -0.420 e. The summed E-state index contributed by atoms with van der Waals surface area (Å²) < 4.78 is 73.3. The third-order valence-electron chi connectivity index (χ3n) is 9.10. The largest absolute Gasteiger partial charge is 0.491 e. The van der Waals surface area contributed by atoms with Crippen LogP contribution in [0.25, 0.3) is 11.0 Å². The van der Waals surface area contributed by atoms with E-state index in [4.69, 9.17) is 28.2 Å². The summed E-state index contributed by atoms with van der Waals surface area (Å²) in [5.74, 6) is -1.68. The van der Waals surface area contributed by atoms with Crippen LogP contribution in [0.4, 0.5) is 13.2 Å². The first-order valence-electron chi connectivity index (χ1n) is 15.8. The molecule has 49 heavy (non-hydrogen) atoms. The van der Waals surface area contributed by atoms with Crippen molar-refractivity contribution in [2.45, 2.75) is 54.6 Å². The highest BCUT2D eigenvalue weighted by Gasteiger charge is 2.42. The molecule has 0 radical (unpaired) electrons. The van der Waals surface area contributed by atoms with Gasteiger partial charge in [0.05, 0.1) is 15.9 Å². The lowest BCUT2D eigenvalue weighted by Crippen LogP contribution is -2.39. The zero-order valence-electron chi connectivity index (χ0n) is 25.9. The molecule has 0 spiro atoms. The van der Waals surface area contributed by atoms with Crippen molar-refractivity contribution in [1.29, 1.82) is 0 Å². The molecule has 13 heteroatoms. The van der Waals surface area contributed by atoms with Gasteiger partial charge < -0.3 is 9.30 Å². The minimum atomic E-state index is -5.21. The summed E-state index contributed by atoms with van der Waals surface area (Å²) in [6, 6.07) is 26.5. The summed E-state index contributed by atoms with van der Waals surface area (Å²) in [7, 11) is -4.07. The number of carbonyl (C=O) groups is 1. The van der Waals surface area contributed by atoms with E-state index in [1.165, 1.54) is 16.4 Å². The molecule has 1 aliphatic heterocycles. The molecule has 1 saturated carbocycles. The van der Waals surface area contributed by atoms with Gasteiger partial charge in [-0.25, -0.2) is 18.2 Å². The Balaban J connectivity index is 1.18. The second kappa shape index (κ2) is 13.1. The average molecular weight is 729 g/mol. The van der Waals surface area contributed by atoms with Crippen LogP contribution in [0.3, 0.4) is 0 Å². The molecule has 0 unspecified atom stereocenters. The van der Waals surface area contributed by atoms with Crippen LogP contribution in [-0.4, -0.2) is 47.5 Å². The van der Waals surface area contributed by atoms with Gasteiger partial charge in [-0.15, -0.1) is 0 Å². The second-order valence-corrected chi connectivity index (χ2v) is 15.2. The molecule has 1 saturated heterocycles. The summed E-state index contributed by atoms with van der Waals surface area (Å²) >= 11 is 12.5. The molecular weight excluding hydrogens is 698 g/mol. The molecular formula is C36H30Cl2F3N3O4S. The lowest BCUT2D eigenvalue weighted by molar-refractivity contribution is -0.189. The molecule has 1 aliphatic carbocycles. The number of ether oxygens (including phenoxy) is 1. The van der Waals surface area contributed by atoms with Crippen LogP contribution in [0.5, 0.6) is 5.75 Å². The number of alkyl halides is 3. The number of sulfonamides is 1. The Morgan fingerprint density at radius 2 is 1.41 bits per heavy atom. The average Bonchev–Trinajstić information content (AvgIpc) is 3.86. The van der Waals surface area contributed by atoms with Crippen LogP contribution < -0.4 is 4.74 Å². The van der Waals surface area contributed by atoms with E-state index in [0.717, 1.165) is 58.5 Å². The van der Waals surface area contributed by atoms with Crippen molar-refractivity contribution in [3.8, 4) is 5.75 Å². The molecule has 0 atom stereocenters. The summed E-state index contributed by atoms with van der Waals surface area (Å²) in [4.78, 5) is 16.1. The number of rotatable bonds is 8. The SMILES string of the molecule is O=C(Oc1cccc(S(=O)(=O)N2CCC(n3c(C4CC4)nc4ccc(C(c5ccc(Cl)cc5)c5ccc(Cl)cc5)cc43)CC2)c1)C(F)(F)F. The number of aromatic nitrogens is 2. The Labute approximate surface area is 291 Å². The maximum absolute atomic E-state index is 13.6. The molecule has 5 aromatic rings. The summed E-state index contributed by atoms with van der Waals surface area (Å²) in [6.07, 6.45) is -2.11. The number of fused-ring (bicyclic) bond motifs is 1. The first-order valence-corrected chi connectivity index (χ1v) is 18.0. The maximum Gasteiger partial charge on any atom is 0.491 e. The van der Waals surface area contributed by atoms with Crippen molar-refractivity contribution in [3.63, 3.8) is 0 Å². The number of imidazole rings is 1. The van der Waals surface area contributed by atoms with Gasteiger partial charge in [-0.05, 0) is 90.9 Å². The highest BCUT2D eigenvalue weighted by molar-refractivity contribution is 7.89. The Kier molecular flexibility index (Phi) is 8.98. The van der Waals surface area contributed by atoms with Gasteiger partial charge in [-0.1, -0.05) is 59.6 Å². The molecule has 2 fully saturated rings. The fourth-order valence-corrected chi connectivity index (χ4v) is 8.32. The number of benzene rings is 4. The van der Waals surface area contributed by atoms with Crippen LogP contribution in [0.15, 0.2) is 95.9 Å². The topological polar surface area (TPSA) is 81.5 Å². The van der Waals surface area contributed by atoms with Gasteiger partial charge in [0.15, 0.2) is 0 Å². The molecule has 7 nitrogen and oxygen atoms in total. The molecule has 1 aromatic heterocycles. The van der Waals surface area contributed by atoms with E-state index in [2.05, 4.69) is 21.4 Å². The Bertz CT molecular complexity index is 2080. The number of hydrogen-bond donors (Lipinski definition) is 0. The molecule has 4 aromatic carbocycles. The summed E-state index contributed by atoms with van der Waals surface area (Å²) in [6.45, 7) is 0.391. The van der Waals surface area contributed by atoms with Crippen molar-refractivity contribution in [1.82, 2.24) is 13.9 Å². The Morgan fingerprint density at radius 3 is 1.98 bits per heavy atom. The standard InChI is InChI=1S/C36H30Cl2F3N3O4S/c37-26-11-6-22(7-12-26)33(23-8-13-27(38)14-9-23)25-10-15-31-32(20-25)44(34(42-31)24-4-5-24)28-16-18-43(19-17-28)49(46,47)30-3-1-2-29(21-30)48-35(45)36(39,40)41/h1-3,6-15,20-21,24,28,33H,4-5,16-19H2. The number of carbonyl (C=O) groups excluding carboxylic acids is 1.